The zero-order chi connectivity index (χ0) is 7.98. The Morgan fingerprint density at radius 1 is 1.40 bits per heavy atom. The number of rotatable bonds is 5. The monoisotopic (exact) mass is 152 g/mol. The fraction of sp³-hybridized carbons (Fsp3) is 1.00. The molecule has 0 fully saturated rings. The van der Waals surface area contributed by atoms with E-state index in [1.165, 1.54) is 0 Å². The summed E-state index contributed by atoms with van der Waals surface area (Å²) in [6, 6.07) is 0. The molecule has 0 radical (unpaired) electrons. The minimum absolute atomic E-state index is 0.201. The van der Waals surface area contributed by atoms with E-state index in [0.29, 0.717) is 6.54 Å². The Morgan fingerprint density at radius 3 is 2.40 bits per heavy atom. The van der Waals surface area contributed by atoms with Gasteiger partial charge in [0.25, 0.3) is 6.43 Å². The second-order valence-electron chi connectivity index (χ2n) is 2.40. The summed E-state index contributed by atoms with van der Waals surface area (Å²) in [5, 5.41) is 2.62. The number of hydrogen-bond acceptors (Lipinski definition) is 2. The summed E-state index contributed by atoms with van der Waals surface area (Å²) < 4.78 is 23.0. The SMILES string of the molecule is CN(C)CCNCC(F)F. The smallest absolute Gasteiger partial charge is 0.250 e. The lowest BCUT2D eigenvalue weighted by Crippen LogP contribution is -2.29. The molecule has 0 saturated heterocycles. The first-order valence-corrected chi connectivity index (χ1v) is 3.26. The standard InChI is InChI=1S/C6H14F2N2/c1-10(2)4-3-9-5-6(7)8/h6,9H,3-5H2,1-2H3. The van der Waals surface area contributed by atoms with Crippen molar-refractivity contribution in [1.82, 2.24) is 10.2 Å². The number of nitrogens with zero attached hydrogens (tertiary/aromatic N) is 1. The first-order valence-electron chi connectivity index (χ1n) is 3.26. The Balaban J connectivity index is 2.91. The van der Waals surface area contributed by atoms with Gasteiger partial charge in [0.15, 0.2) is 0 Å². The van der Waals surface area contributed by atoms with Crippen LogP contribution in [0.1, 0.15) is 0 Å². The molecule has 0 aliphatic rings. The summed E-state index contributed by atoms with van der Waals surface area (Å²) >= 11 is 0. The van der Waals surface area contributed by atoms with Crippen molar-refractivity contribution in [3.8, 4) is 0 Å². The molecule has 0 saturated carbocycles. The maximum absolute atomic E-state index is 11.5. The number of nitrogens with one attached hydrogen (secondary N) is 1. The van der Waals surface area contributed by atoms with Crippen molar-refractivity contribution in [1.29, 1.82) is 0 Å². The molecular weight excluding hydrogens is 138 g/mol. The lowest BCUT2D eigenvalue weighted by molar-refractivity contribution is 0.145. The van der Waals surface area contributed by atoms with Gasteiger partial charge >= 0.3 is 0 Å². The van der Waals surface area contributed by atoms with Gasteiger partial charge in [-0.1, -0.05) is 0 Å². The third-order valence-electron chi connectivity index (χ3n) is 1.03. The van der Waals surface area contributed by atoms with Crippen molar-refractivity contribution in [2.45, 2.75) is 6.43 Å². The molecule has 0 amide bonds. The summed E-state index contributed by atoms with van der Waals surface area (Å²) in [4.78, 5) is 1.94. The highest BCUT2D eigenvalue weighted by Crippen LogP contribution is 1.86. The van der Waals surface area contributed by atoms with Gasteiger partial charge in [-0.3, -0.25) is 0 Å². The third-order valence-corrected chi connectivity index (χ3v) is 1.03. The van der Waals surface area contributed by atoms with Crippen molar-refractivity contribution in [3.05, 3.63) is 0 Å². The van der Waals surface area contributed by atoms with Crippen LogP contribution in [0.5, 0.6) is 0 Å². The Labute approximate surface area is 60.2 Å². The van der Waals surface area contributed by atoms with Gasteiger partial charge in [0.2, 0.25) is 0 Å². The molecule has 0 atom stereocenters. The fourth-order valence-corrected chi connectivity index (χ4v) is 0.514. The van der Waals surface area contributed by atoms with Crippen LogP contribution in [0, 0.1) is 0 Å². The lowest BCUT2D eigenvalue weighted by Gasteiger charge is -2.09. The molecule has 2 nitrogen and oxygen atoms in total. The van der Waals surface area contributed by atoms with Crippen LogP contribution in [0.15, 0.2) is 0 Å². The highest BCUT2D eigenvalue weighted by atomic mass is 19.3. The van der Waals surface area contributed by atoms with Crippen molar-refractivity contribution < 1.29 is 8.78 Å². The molecule has 0 bridgehead atoms. The lowest BCUT2D eigenvalue weighted by atomic mass is 10.5. The highest BCUT2D eigenvalue weighted by Gasteiger charge is 1.99. The molecule has 0 aliphatic carbocycles. The molecule has 0 heterocycles. The van der Waals surface area contributed by atoms with E-state index >= 15 is 0 Å². The quantitative estimate of drug-likeness (QED) is 0.574. The molecule has 0 aromatic heterocycles. The summed E-state index contributed by atoms with van der Waals surface area (Å²) in [6.07, 6.45) is -2.23. The van der Waals surface area contributed by atoms with E-state index in [1.807, 2.05) is 19.0 Å². The zero-order valence-corrected chi connectivity index (χ0v) is 6.40. The van der Waals surface area contributed by atoms with Crippen LogP contribution in [0.3, 0.4) is 0 Å². The number of hydrogen-bond donors (Lipinski definition) is 1. The molecule has 0 aliphatic heterocycles. The summed E-state index contributed by atoms with van der Waals surface area (Å²) in [5.74, 6) is 0. The van der Waals surface area contributed by atoms with Crippen LogP contribution in [0.2, 0.25) is 0 Å². The molecule has 62 valence electrons. The van der Waals surface area contributed by atoms with Gasteiger partial charge in [-0.15, -0.1) is 0 Å². The van der Waals surface area contributed by atoms with Crippen molar-refractivity contribution in [2.75, 3.05) is 33.7 Å². The minimum atomic E-state index is -2.23. The number of likely N-dealkylation sites (N-methyl/N-ethyl adjacent to an activating group) is 1. The molecule has 0 aromatic carbocycles. The topological polar surface area (TPSA) is 15.3 Å². The summed E-state index contributed by atoms with van der Waals surface area (Å²) in [7, 11) is 3.81. The van der Waals surface area contributed by atoms with E-state index in [0.717, 1.165) is 6.54 Å². The van der Waals surface area contributed by atoms with Gasteiger partial charge in [-0.05, 0) is 14.1 Å². The second-order valence-corrected chi connectivity index (χ2v) is 2.40. The van der Waals surface area contributed by atoms with E-state index in [-0.39, 0.29) is 6.54 Å². The average Bonchev–Trinajstić information content (AvgIpc) is 1.79. The van der Waals surface area contributed by atoms with Crippen LogP contribution >= 0.6 is 0 Å². The molecule has 10 heavy (non-hydrogen) atoms. The molecule has 0 aromatic rings. The average molecular weight is 152 g/mol. The molecular formula is C6H14F2N2. The first-order chi connectivity index (χ1) is 4.63. The normalized spacial score (nSPS) is 11.4. The van der Waals surface area contributed by atoms with Crippen LogP contribution in [-0.4, -0.2) is 45.1 Å². The van der Waals surface area contributed by atoms with Crippen molar-refractivity contribution in [2.24, 2.45) is 0 Å². The Bertz CT molecular complexity index is 66.1. The Morgan fingerprint density at radius 2 is 2.00 bits per heavy atom. The first kappa shape index (κ1) is 9.78. The fourth-order valence-electron chi connectivity index (χ4n) is 0.514. The minimum Gasteiger partial charge on any atom is -0.310 e. The number of halogens is 2. The van der Waals surface area contributed by atoms with Gasteiger partial charge in [-0.25, -0.2) is 8.78 Å². The van der Waals surface area contributed by atoms with Gasteiger partial charge in [0, 0.05) is 13.1 Å². The Kier molecular flexibility index (Phi) is 5.43. The predicted molar refractivity (Wildman–Crippen MR) is 37.4 cm³/mol. The van der Waals surface area contributed by atoms with Crippen molar-refractivity contribution >= 4 is 0 Å². The molecule has 0 rings (SSSR count). The predicted octanol–water partition coefficient (Wildman–Crippen LogP) is 0.403. The molecule has 0 spiro atoms. The molecule has 4 heteroatoms. The van der Waals surface area contributed by atoms with E-state index in [2.05, 4.69) is 5.32 Å². The van der Waals surface area contributed by atoms with E-state index in [1.54, 1.807) is 0 Å². The van der Waals surface area contributed by atoms with E-state index in [4.69, 9.17) is 0 Å². The maximum Gasteiger partial charge on any atom is 0.250 e. The summed E-state index contributed by atoms with van der Waals surface area (Å²) in [5.41, 5.74) is 0. The van der Waals surface area contributed by atoms with Gasteiger partial charge in [-0.2, -0.15) is 0 Å². The van der Waals surface area contributed by atoms with Crippen LogP contribution in [0.25, 0.3) is 0 Å². The largest absolute Gasteiger partial charge is 0.310 e. The van der Waals surface area contributed by atoms with Crippen molar-refractivity contribution in [3.63, 3.8) is 0 Å². The van der Waals surface area contributed by atoms with Crippen LogP contribution in [0.4, 0.5) is 8.78 Å². The maximum atomic E-state index is 11.5. The highest BCUT2D eigenvalue weighted by molar-refractivity contribution is 4.50. The van der Waals surface area contributed by atoms with Gasteiger partial charge < -0.3 is 10.2 Å². The van der Waals surface area contributed by atoms with Gasteiger partial charge in [0.05, 0.1) is 6.54 Å². The third kappa shape index (κ3) is 7.78. The second kappa shape index (κ2) is 5.56. The van der Waals surface area contributed by atoms with E-state index in [9.17, 15) is 8.78 Å². The molecule has 1 N–H and O–H groups in total. The van der Waals surface area contributed by atoms with Crippen LogP contribution < -0.4 is 5.32 Å². The van der Waals surface area contributed by atoms with E-state index < -0.39 is 6.43 Å². The number of alkyl halides is 2. The zero-order valence-electron chi connectivity index (χ0n) is 6.40. The Hall–Kier alpha value is -0.220. The van der Waals surface area contributed by atoms with Crippen LogP contribution in [-0.2, 0) is 0 Å². The molecule has 0 unspecified atom stereocenters. The summed E-state index contributed by atoms with van der Waals surface area (Å²) in [6.45, 7) is 1.22. The van der Waals surface area contributed by atoms with Gasteiger partial charge in [0.1, 0.15) is 0 Å².